The van der Waals surface area contributed by atoms with E-state index in [0.29, 0.717) is 6.04 Å². The van der Waals surface area contributed by atoms with Crippen LogP contribution in [0.15, 0.2) is 6.20 Å². The molecule has 1 fully saturated rings. The molecule has 1 N–H and O–H groups in total. The zero-order valence-electron chi connectivity index (χ0n) is 12.9. The van der Waals surface area contributed by atoms with Crippen molar-refractivity contribution in [3.8, 4) is 5.75 Å². The summed E-state index contributed by atoms with van der Waals surface area (Å²) in [4.78, 5) is 0. The van der Waals surface area contributed by atoms with Gasteiger partial charge >= 0.3 is 0 Å². The Morgan fingerprint density at radius 3 is 2.85 bits per heavy atom. The Labute approximate surface area is 126 Å². The van der Waals surface area contributed by atoms with E-state index in [1.807, 2.05) is 17.9 Å². The first-order valence-electron chi connectivity index (χ1n) is 7.67. The van der Waals surface area contributed by atoms with Gasteiger partial charge in [0.05, 0.1) is 25.0 Å². The van der Waals surface area contributed by atoms with Crippen LogP contribution in [0.5, 0.6) is 5.75 Å². The van der Waals surface area contributed by atoms with E-state index in [1.54, 1.807) is 7.11 Å². The molecule has 4 nitrogen and oxygen atoms in total. The molecule has 0 spiro atoms. The molecule has 0 radical (unpaired) electrons. The minimum Gasteiger partial charge on any atom is -0.493 e. The van der Waals surface area contributed by atoms with Crippen LogP contribution in [-0.2, 0) is 7.05 Å². The van der Waals surface area contributed by atoms with Crippen LogP contribution in [0.4, 0.5) is 0 Å². The van der Waals surface area contributed by atoms with Gasteiger partial charge in [0, 0.05) is 18.1 Å². The molecule has 1 unspecified atom stereocenters. The average molecular weight is 297 g/mol. The fourth-order valence-corrected chi connectivity index (χ4v) is 4.33. The van der Waals surface area contributed by atoms with Crippen molar-refractivity contribution in [2.24, 2.45) is 7.05 Å². The smallest absolute Gasteiger partial charge is 0.161 e. The number of aryl methyl sites for hydroxylation is 1. The van der Waals surface area contributed by atoms with Gasteiger partial charge in [-0.1, -0.05) is 26.2 Å². The molecule has 0 bridgehead atoms. The number of nitrogens with one attached hydrogen (secondary N) is 1. The molecule has 2 rings (SSSR count). The molecule has 1 heterocycles. The van der Waals surface area contributed by atoms with Crippen LogP contribution < -0.4 is 10.1 Å². The van der Waals surface area contributed by atoms with Crippen molar-refractivity contribution in [2.45, 2.75) is 50.3 Å². The topological polar surface area (TPSA) is 39.1 Å². The summed E-state index contributed by atoms with van der Waals surface area (Å²) in [6.07, 6.45) is 8.80. The highest BCUT2D eigenvalue weighted by Crippen LogP contribution is 2.33. The number of hydrogen-bond donors (Lipinski definition) is 1. The summed E-state index contributed by atoms with van der Waals surface area (Å²) in [6.45, 7) is 3.12. The number of ether oxygens (including phenoxy) is 1. The molecule has 0 aliphatic heterocycles. The number of aromatic nitrogens is 2. The number of thioether (sulfide) groups is 1. The standard InChI is InChI=1S/C15H27N3OS/c1-4-16-13(11-20-12-8-6-5-7-9-12)15-14(19-3)10-17-18(15)2/h10,12-13,16H,4-9,11H2,1-3H3. The predicted octanol–water partition coefficient (Wildman–Crippen LogP) is 3.15. The molecule has 1 aliphatic rings. The van der Waals surface area contributed by atoms with E-state index in [9.17, 15) is 0 Å². The Balaban J connectivity index is 2.00. The van der Waals surface area contributed by atoms with E-state index < -0.39 is 0 Å². The van der Waals surface area contributed by atoms with Crippen LogP contribution in [0, 0.1) is 0 Å². The first-order chi connectivity index (χ1) is 9.76. The Kier molecular flexibility index (Phi) is 6.23. The highest BCUT2D eigenvalue weighted by Gasteiger charge is 2.22. The Morgan fingerprint density at radius 1 is 1.45 bits per heavy atom. The second-order valence-electron chi connectivity index (χ2n) is 5.43. The molecule has 1 aromatic rings. The molecular weight excluding hydrogens is 270 g/mol. The van der Waals surface area contributed by atoms with Crippen LogP contribution >= 0.6 is 11.8 Å². The third-order valence-corrected chi connectivity index (χ3v) is 5.47. The second-order valence-corrected chi connectivity index (χ2v) is 6.76. The lowest BCUT2D eigenvalue weighted by Crippen LogP contribution is -2.26. The molecule has 1 aliphatic carbocycles. The van der Waals surface area contributed by atoms with Gasteiger partial charge in [-0.15, -0.1) is 0 Å². The van der Waals surface area contributed by atoms with E-state index in [1.165, 1.54) is 32.1 Å². The third kappa shape index (κ3) is 3.92. The first kappa shape index (κ1) is 15.7. The normalized spacial score (nSPS) is 18.1. The van der Waals surface area contributed by atoms with Gasteiger partial charge in [0.1, 0.15) is 0 Å². The monoisotopic (exact) mass is 297 g/mol. The summed E-state index contributed by atoms with van der Waals surface area (Å²) >= 11 is 2.11. The maximum absolute atomic E-state index is 5.45. The van der Waals surface area contributed by atoms with Crippen molar-refractivity contribution >= 4 is 11.8 Å². The SMILES string of the molecule is CCNC(CSC1CCCCC1)c1c(OC)cnn1C. The lowest BCUT2D eigenvalue weighted by Gasteiger charge is -2.25. The quantitative estimate of drug-likeness (QED) is 0.839. The summed E-state index contributed by atoms with van der Waals surface area (Å²) in [7, 11) is 3.71. The molecular formula is C15H27N3OS. The molecule has 5 heteroatoms. The van der Waals surface area contributed by atoms with Gasteiger partial charge in [0.15, 0.2) is 5.75 Å². The van der Waals surface area contributed by atoms with Gasteiger partial charge in [-0.3, -0.25) is 4.68 Å². The molecule has 0 aromatic carbocycles. The van der Waals surface area contributed by atoms with Crippen molar-refractivity contribution in [3.63, 3.8) is 0 Å². The van der Waals surface area contributed by atoms with Crippen molar-refractivity contribution in [1.29, 1.82) is 0 Å². The van der Waals surface area contributed by atoms with Crippen molar-refractivity contribution in [3.05, 3.63) is 11.9 Å². The number of nitrogens with zero attached hydrogens (tertiary/aromatic N) is 2. The maximum Gasteiger partial charge on any atom is 0.161 e. The molecule has 1 aromatic heterocycles. The Bertz CT molecular complexity index is 402. The Hall–Kier alpha value is -0.680. The Morgan fingerprint density at radius 2 is 2.20 bits per heavy atom. The van der Waals surface area contributed by atoms with Crippen LogP contribution in [-0.4, -0.2) is 34.4 Å². The molecule has 0 saturated heterocycles. The number of rotatable bonds is 7. The van der Waals surface area contributed by atoms with Gasteiger partial charge in [0.25, 0.3) is 0 Å². The van der Waals surface area contributed by atoms with Crippen molar-refractivity contribution in [2.75, 3.05) is 19.4 Å². The largest absolute Gasteiger partial charge is 0.493 e. The molecule has 20 heavy (non-hydrogen) atoms. The van der Waals surface area contributed by atoms with Crippen LogP contribution in [0.3, 0.4) is 0 Å². The molecule has 1 saturated carbocycles. The predicted molar refractivity (Wildman–Crippen MR) is 85.5 cm³/mol. The number of methoxy groups -OCH3 is 1. The van der Waals surface area contributed by atoms with Gasteiger partial charge < -0.3 is 10.1 Å². The van der Waals surface area contributed by atoms with Gasteiger partial charge in [-0.2, -0.15) is 16.9 Å². The number of hydrogen-bond acceptors (Lipinski definition) is 4. The highest BCUT2D eigenvalue weighted by molar-refractivity contribution is 7.99. The molecule has 114 valence electrons. The minimum absolute atomic E-state index is 0.314. The fourth-order valence-electron chi connectivity index (χ4n) is 2.93. The van der Waals surface area contributed by atoms with E-state index >= 15 is 0 Å². The highest BCUT2D eigenvalue weighted by atomic mass is 32.2. The molecule has 1 atom stereocenters. The maximum atomic E-state index is 5.45. The van der Waals surface area contributed by atoms with E-state index in [-0.39, 0.29) is 0 Å². The summed E-state index contributed by atoms with van der Waals surface area (Å²) in [5, 5.41) is 8.74. The summed E-state index contributed by atoms with van der Waals surface area (Å²) in [5.74, 6) is 1.98. The van der Waals surface area contributed by atoms with Gasteiger partial charge in [-0.05, 0) is 19.4 Å². The van der Waals surface area contributed by atoms with Crippen molar-refractivity contribution < 1.29 is 4.74 Å². The average Bonchev–Trinajstić information content (AvgIpc) is 2.85. The first-order valence-corrected chi connectivity index (χ1v) is 8.72. The van der Waals surface area contributed by atoms with E-state index in [0.717, 1.165) is 29.0 Å². The summed E-state index contributed by atoms with van der Waals surface area (Å²) in [5.41, 5.74) is 1.16. The fraction of sp³-hybridized carbons (Fsp3) is 0.800. The zero-order chi connectivity index (χ0) is 14.4. The lowest BCUT2D eigenvalue weighted by atomic mass is 10.0. The second kappa shape index (κ2) is 7.93. The van der Waals surface area contributed by atoms with Crippen molar-refractivity contribution in [1.82, 2.24) is 15.1 Å². The summed E-state index contributed by atoms with van der Waals surface area (Å²) < 4.78 is 7.39. The van der Waals surface area contributed by atoms with Gasteiger partial charge in [0.2, 0.25) is 0 Å². The van der Waals surface area contributed by atoms with Crippen LogP contribution in [0.25, 0.3) is 0 Å². The van der Waals surface area contributed by atoms with Crippen LogP contribution in [0.2, 0.25) is 0 Å². The molecule has 0 amide bonds. The minimum atomic E-state index is 0.314. The van der Waals surface area contributed by atoms with Crippen LogP contribution in [0.1, 0.15) is 50.8 Å². The third-order valence-electron chi connectivity index (χ3n) is 4.00. The van der Waals surface area contributed by atoms with E-state index in [2.05, 4.69) is 29.1 Å². The zero-order valence-corrected chi connectivity index (χ0v) is 13.7. The lowest BCUT2D eigenvalue weighted by molar-refractivity contribution is 0.399. The summed E-state index contributed by atoms with van der Waals surface area (Å²) in [6, 6.07) is 0.314. The van der Waals surface area contributed by atoms with E-state index in [4.69, 9.17) is 4.74 Å². The van der Waals surface area contributed by atoms with Gasteiger partial charge in [-0.25, -0.2) is 0 Å².